The van der Waals surface area contributed by atoms with Crippen LogP contribution in [0.2, 0.25) is 36.3 Å². The van der Waals surface area contributed by atoms with E-state index < -0.39 is 69.9 Å². The van der Waals surface area contributed by atoms with Gasteiger partial charge in [0.1, 0.15) is 23.8 Å². The van der Waals surface area contributed by atoms with Gasteiger partial charge in [0.25, 0.3) is 0 Å². The monoisotopic (exact) mass is 1210 g/mol. The lowest BCUT2D eigenvalue weighted by molar-refractivity contribution is -0.156. The maximum Gasteiger partial charge on any atom is 0.309 e. The van der Waals surface area contributed by atoms with Gasteiger partial charge in [0, 0.05) is 40.9 Å². The second-order valence-electron chi connectivity index (χ2n) is 25.9. The summed E-state index contributed by atoms with van der Waals surface area (Å²) in [5, 5.41) is 27.5. The van der Waals surface area contributed by atoms with Crippen molar-refractivity contribution in [3.63, 3.8) is 0 Å². The van der Waals surface area contributed by atoms with E-state index in [1.165, 1.54) is 0 Å². The quantitative estimate of drug-likeness (QED) is 0.103. The number of thiazole rings is 2. The highest BCUT2D eigenvalue weighted by atomic mass is 32.1. The molecular formula is C64H106N2O12S2Si2. The average Bonchev–Trinajstić information content (AvgIpc) is 4.30. The number of aromatic nitrogens is 2. The predicted octanol–water partition coefficient (Wildman–Crippen LogP) is 14.2. The highest BCUT2D eigenvalue weighted by Gasteiger charge is 2.50. The molecule has 0 aliphatic carbocycles. The third-order valence-corrected chi connectivity index (χ3v) is 30.3. The molecule has 18 heteroatoms. The van der Waals surface area contributed by atoms with Crippen molar-refractivity contribution in [2.45, 2.75) is 286 Å². The van der Waals surface area contributed by atoms with Crippen LogP contribution in [0.1, 0.15) is 196 Å². The Morgan fingerprint density at radius 1 is 0.610 bits per heavy atom. The molecule has 4 aliphatic rings. The molecule has 82 heavy (non-hydrogen) atoms. The van der Waals surface area contributed by atoms with Crippen LogP contribution in [0.5, 0.6) is 0 Å². The first-order valence-electron chi connectivity index (χ1n) is 31.2. The van der Waals surface area contributed by atoms with Crippen molar-refractivity contribution in [2.24, 2.45) is 34.5 Å². The lowest BCUT2D eigenvalue weighted by atomic mass is 9.73. The maximum atomic E-state index is 14.9. The fraction of sp³-hybridized carbons (Fsp3) is 0.781. The maximum absolute atomic E-state index is 14.9. The van der Waals surface area contributed by atoms with E-state index in [4.69, 9.17) is 27.8 Å². The van der Waals surface area contributed by atoms with Gasteiger partial charge in [-0.1, -0.05) is 110 Å². The summed E-state index contributed by atoms with van der Waals surface area (Å²) in [6.07, 6.45) is 6.93. The van der Waals surface area contributed by atoms with E-state index >= 15 is 0 Å². The smallest absolute Gasteiger partial charge is 0.309 e. The molecule has 2 aromatic rings. The number of aliphatic hydroxyl groups excluding tert-OH is 2. The van der Waals surface area contributed by atoms with Gasteiger partial charge in [-0.15, -0.1) is 22.7 Å². The van der Waals surface area contributed by atoms with Crippen LogP contribution in [-0.2, 0) is 47.0 Å². The van der Waals surface area contributed by atoms with Gasteiger partial charge in [-0.3, -0.25) is 19.2 Å². The van der Waals surface area contributed by atoms with Crippen LogP contribution in [0.15, 0.2) is 21.9 Å². The second-order valence-corrected chi connectivity index (χ2v) is 37.4. The normalized spacial score (nSPS) is 32.3. The molecule has 0 radical (unpaired) electrons. The molecule has 464 valence electrons. The predicted molar refractivity (Wildman–Crippen MR) is 335 cm³/mol. The SMILES string of the molecule is C/C(=C\c1csc(C)n1)C1C[C@@H]2O[C@@H]2CCCC(C)[C@H](O)[C@@H](C)C(=O)C(C)(C)[C@@H](O)CC(=O)O1.CC[Si](CC)(CC)O[C@H]1CC(=O)OC(/C(C)=C/c2csc(C)n2)C[C@@H]2O[C@@H]2CCCC(C)[C@H](O[Si](CC)(CC)CC)[C@@H](C)C(=O)C1(C)C. The number of cyclic esters (lactones) is 2. The zero-order valence-electron chi connectivity index (χ0n) is 53.4. The minimum absolute atomic E-state index is 0.00770. The van der Waals surface area contributed by atoms with E-state index in [1.54, 1.807) is 43.4 Å². The molecule has 4 saturated heterocycles. The fourth-order valence-corrected chi connectivity index (χ4v) is 19.7. The third-order valence-electron chi connectivity index (χ3n) is 19.4. The largest absolute Gasteiger partial charge is 0.458 e. The topological polar surface area (TPSA) is 196 Å². The van der Waals surface area contributed by atoms with Crippen molar-refractivity contribution < 1.29 is 57.2 Å². The summed E-state index contributed by atoms with van der Waals surface area (Å²) in [6, 6.07) is 5.92. The van der Waals surface area contributed by atoms with E-state index in [-0.39, 0.29) is 78.7 Å². The van der Waals surface area contributed by atoms with Crippen LogP contribution in [-0.4, -0.2) is 121 Å². The van der Waals surface area contributed by atoms with Crippen molar-refractivity contribution in [3.8, 4) is 0 Å². The van der Waals surface area contributed by atoms with Crippen LogP contribution in [0.4, 0.5) is 0 Å². The van der Waals surface area contributed by atoms with Crippen molar-refractivity contribution in [2.75, 3.05) is 0 Å². The van der Waals surface area contributed by atoms with Gasteiger partial charge in [-0.25, -0.2) is 9.97 Å². The van der Waals surface area contributed by atoms with E-state index in [0.29, 0.717) is 12.8 Å². The number of Topliss-reactive ketones (excluding diaryl/α,β-unsaturated/α-hetero) is 2. The highest BCUT2D eigenvalue weighted by Crippen LogP contribution is 2.42. The molecule has 0 amide bonds. The number of hydrogen-bond acceptors (Lipinski definition) is 16. The Balaban J connectivity index is 0.000000318. The lowest BCUT2D eigenvalue weighted by Gasteiger charge is -2.44. The Hall–Kier alpha value is -2.79. The number of esters is 2. The fourth-order valence-electron chi connectivity index (χ4n) is 12.5. The number of epoxide rings is 2. The van der Waals surface area contributed by atoms with Crippen LogP contribution in [0.3, 0.4) is 0 Å². The molecule has 2 N–H and O–H groups in total. The van der Waals surface area contributed by atoms with Gasteiger partial charge in [0.2, 0.25) is 0 Å². The minimum atomic E-state index is -2.20. The molecule has 4 fully saturated rings. The van der Waals surface area contributed by atoms with Gasteiger partial charge in [-0.05, 0) is 125 Å². The number of rotatable bonds is 14. The Kier molecular flexibility index (Phi) is 26.2. The zero-order valence-corrected chi connectivity index (χ0v) is 57.0. The van der Waals surface area contributed by atoms with Crippen molar-refractivity contribution in [1.29, 1.82) is 0 Å². The molecule has 14 atom stereocenters. The zero-order chi connectivity index (χ0) is 61.1. The number of carbonyl (C=O) groups is 4. The summed E-state index contributed by atoms with van der Waals surface area (Å²) < 4.78 is 38.5. The minimum Gasteiger partial charge on any atom is -0.458 e. The molecule has 2 aromatic heterocycles. The molecule has 14 nitrogen and oxygen atoms in total. The van der Waals surface area contributed by atoms with Gasteiger partial charge in [-0.2, -0.15) is 0 Å². The molecule has 4 aliphatic heterocycles. The Labute approximate surface area is 503 Å². The molecule has 0 aromatic carbocycles. The summed E-state index contributed by atoms with van der Waals surface area (Å²) in [6.45, 7) is 36.4. The average molecular weight is 1220 g/mol. The Bertz CT molecular complexity index is 2450. The number of ether oxygens (including phenoxy) is 4. The third kappa shape index (κ3) is 18.6. The van der Waals surface area contributed by atoms with Gasteiger partial charge in [0.15, 0.2) is 16.6 Å². The molecule has 0 spiro atoms. The van der Waals surface area contributed by atoms with E-state index in [1.807, 2.05) is 71.4 Å². The number of aliphatic hydroxyl groups is 2. The van der Waals surface area contributed by atoms with Crippen LogP contribution >= 0.6 is 22.7 Å². The molecule has 0 saturated carbocycles. The standard InChI is InChI=1S/C38H67NO6SSi2.C26H39NO6S/c1-13-47(14-2,15-3)44-34-24-35(40)43-32(27(8)22-30-25-46-29(10)39-30)23-33-31(42-33)21-19-20-26(7)36(28(9)37(41)38(34,11)12)45-48(16-4,17-5)18-6;1-14-8-7-9-19-21(32-19)11-20(15(2)10-18-13-34-17(4)27-18)33-23(29)12-22(28)26(5,6)25(31)16(3)24(14)30/h22,25-26,28,31-34,36H,13-21,23-24H2,1-12H3;10,13-14,16,19-22,24,28,30H,7-9,11-12H2,1-6H3/b27-22+;15-10+/t26?,28-,31-,32?,33+,34+,36+;14?,16-,19-,20?,21+,22+,24+/m11/s1. The number of hydrogen-bond donors (Lipinski definition) is 2. The summed E-state index contributed by atoms with van der Waals surface area (Å²) in [7, 11) is -4.21. The summed E-state index contributed by atoms with van der Waals surface area (Å²) in [4.78, 5) is 64.0. The first-order chi connectivity index (χ1) is 38.5. The van der Waals surface area contributed by atoms with Crippen LogP contribution in [0.25, 0.3) is 12.2 Å². The number of aryl methyl sites for hydroxylation is 2. The molecule has 6 heterocycles. The van der Waals surface area contributed by atoms with E-state index in [2.05, 4.69) is 65.4 Å². The Morgan fingerprint density at radius 3 is 1.45 bits per heavy atom. The van der Waals surface area contributed by atoms with Crippen LogP contribution in [0, 0.1) is 48.3 Å². The second kappa shape index (κ2) is 30.7. The number of nitrogens with zero attached hydrogens (tertiary/aromatic N) is 2. The highest BCUT2D eigenvalue weighted by molar-refractivity contribution is 7.09. The van der Waals surface area contributed by atoms with Gasteiger partial charge >= 0.3 is 11.9 Å². The first kappa shape index (κ1) is 70.0. The van der Waals surface area contributed by atoms with Crippen molar-refractivity contribution in [3.05, 3.63) is 43.3 Å². The molecular weight excluding hydrogens is 1110 g/mol. The molecule has 4 unspecified atom stereocenters. The van der Waals surface area contributed by atoms with Crippen LogP contribution < -0.4 is 0 Å². The first-order valence-corrected chi connectivity index (χ1v) is 38.1. The van der Waals surface area contributed by atoms with Crippen molar-refractivity contribution in [1.82, 2.24) is 9.97 Å². The lowest BCUT2D eigenvalue weighted by Crippen LogP contribution is -2.53. The van der Waals surface area contributed by atoms with Gasteiger partial charge in [0.05, 0.1) is 88.5 Å². The molecule has 0 bridgehead atoms. The summed E-state index contributed by atoms with van der Waals surface area (Å²) >= 11 is 3.17. The Morgan fingerprint density at radius 2 is 1.02 bits per heavy atom. The summed E-state index contributed by atoms with van der Waals surface area (Å²) in [5.41, 5.74) is 1.42. The molecule has 6 rings (SSSR count). The number of fused-ring (bicyclic) bond motifs is 2. The van der Waals surface area contributed by atoms with Gasteiger partial charge < -0.3 is 38.0 Å². The number of ketones is 2. The van der Waals surface area contributed by atoms with E-state index in [0.717, 1.165) is 107 Å². The van der Waals surface area contributed by atoms with E-state index in [9.17, 15) is 29.4 Å². The number of carbonyl (C=O) groups excluding carboxylic acids is 4. The van der Waals surface area contributed by atoms with Crippen molar-refractivity contribution >= 4 is 75.0 Å². The summed E-state index contributed by atoms with van der Waals surface area (Å²) in [5.74, 6) is -1.82.